The minimum atomic E-state index is -0.326. The third-order valence-electron chi connectivity index (χ3n) is 3.23. The number of anilines is 1. The van der Waals surface area contributed by atoms with Crippen molar-refractivity contribution in [2.75, 3.05) is 12.4 Å². The van der Waals surface area contributed by atoms with E-state index in [-0.39, 0.29) is 11.5 Å². The fourth-order valence-corrected chi connectivity index (χ4v) is 2.24. The number of allylic oxidation sites excluding steroid dienone is 1. The fraction of sp³-hybridized carbons (Fsp3) is 0.333. The van der Waals surface area contributed by atoms with E-state index in [1.54, 1.807) is 31.4 Å². The van der Waals surface area contributed by atoms with Crippen LogP contribution < -0.4 is 10.1 Å². The molecule has 2 rings (SSSR count). The van der Waals surface area contributed by atoms with E-state index in [0.717, 1.165) is 31.3 Å². The van der Waals surface area contributed by atoms with Gasteiger partial charge in [0.15, 0.2) is 0 Å². The number of carbonyl (C=O) groups is 1. The van der Waals surface area contributed by atoms with E-state index in [0.29, 0.717) is 11.4 Å². The number of benzene rings is 1. The molecule has 0 spiro atoms. The van der Waals surface area contributed by atoms with Gasteiger partial charge in [0.2, 0.25) is 0 Å². The number of amides is 1. The lowest BCUT2D eigenvalue weighted by atomic mass is 10.1. The van der Waals surface area contributed by atoms with Gasteiger partial charge in [-0.1, -0.05) is 6.07 Å². The van der Waals surface area contributed by atoms with E-state index in [1.807, 2.05) is 6.07 Å². The number of hydrogen-bond acceptors (Lipinski definition) is 3. The summed E-state index contributed by atoms with van der Waals surface area (Å²) in [5.41, 5.74) is 1.87. The van der Waals surface area contributed by atoms with Gasteiger partial charge < -0.3 is 10.1 Å². The van der Waals surface area contributed by atoms with E-state index < -0.39 is 0 Å². The quantitative estimate of drug-likeness (QED) is 0.668. The number of ether oxygens (including phenoxy) is 1. The van der Waals surface area contributed by atoms with E-state index in [2.05, 4.69) is 5.32 Å². The first kappa shape index (κ1) is 13.2. The Morgan fingerprint density at radius 3 is 2.74 bits per heavy atom. The number of carbonyl (C=O) groups excluding carboxylic acids is 1. The van der Waals surface area contributed by atoms with Gasteiger partial charge >= 0.3 is 0 Å². The summed E-state index contributed by atoms with van der Waals surface area (Å²) in [4.78, 5) is 12.1. The Morgan fingerprint density at radius 1 is 1.37 bits per heavy atom. The van der Waals surface area contributed by atoms with Crippen molar-refractivity contribution in [3.05, 3.63) is 35.4 Å². The van der Waals surface area contributed by atoms with Crippen LogP contribution in [-0.4, -0.2) is 13.0 Å². The van der Waals surface area contributed by atoms with Gasteiger partial charge in [0, 0.05) is 11.8 Å². The van der Waals surface area contributed by atoms with Gasteiger partial charge in [-0.25, -0.2) is 0 Å². The normalized spacial score (nSPS) is 13.8. The molecule has 1 aromatic rings. The minimum Gasteiger partial charge on any atom is -0.497 e. The highest BCUT2D eigenvalue weighted by Gasteiger charge is 2.18. The maximum absolute atomic E-state index is 12.1. The molecule has 0 bridgehead atoms. The molecule has 1 amide bonds. The van der Waals surface area contributed by atoms with Crippen LogP contribution in [0.4, 0.5) is 5.69 Å². The highest BCUT2D eigenvalue weighted by atomic mass is 16.5. The average Bonchev–Trinajstić information content (AvgIpc) is 2.93. The van der Waals surface area contributed by atoms with Crippen LogP contribution in [0.3, 0.4) is 0 Å². The summed E-state index contributed by atoms with van der Waals surface area (Å²) in [6, 6.07) is 9.13. The maximum Gasteiger partial charge on any atom is 0.266 e. The van der Waals surface area contributed by atoms with Crippen molar-refractivity contribution in [3.63, 3.8) is 0 Å². The molecular weight excluding hydrogens is 240 g/mol. The third kappa shape index (κ3) is 3.14. The topological polar surface area (TPSA) is 62.1 Å². The maximum atomic E-state index is 12.1. The molecule has 0 heterocycles. The zero-order valence-electron chi connectivity index (χ0n) is 10.9. The Morgan fingerprint density at radius 2 is 2.11 bits per heavy atom. The van der Waals surface area contributed by atoms with Gasteiger partial charge in [-0.3, -0.25) is 4.79 Å². The Labute approximate surface area is 112 Å². The van der Waals surface area contributed by atoms with E-state index in [4.69, 9.17) is 10.00 Å². The molecule has 0 radical (unpaired) electrons. The van der Waals surface area contributed by atoms with Crippen molar-refractivity contribution in [1.29, 1.82) is 5.26 Å². The Bertz CT molecular complexity index is 548. The lowest BCUT2D eigenvalue weighted by molar-refractivity contribution is -0.112. The van der Waals surface area contributed by atoms with Crippen molar-refractivity contribution < 1.29 is 9.53 Å². The Kier molecular flexibility index (Phi) is 4.19. The first-order valence-electron chi connectivity index (χ1n) is 6.32. The SMILES string of the molecule is COc1cccc(NC(=O)C(C#N)=C2CCCC2)c1. The molecule has 0 atom stereocenters. The third-order valence-corrected chi connectivity index (χ3v) is 3.23. The monoisotopic (exact) mass is 256 g/mol. The van der Waals surface area contributed by atoms with Gasteiger partial charge in [0.05, 0.1) is 7.11 Å². The average molecular weight is 256 g/mol. The largest absolute Gasteiger partial charge is 0.497 e. The van der Waals surface area contributed by atoms with Gasteiger partial charge in [0.1, 0.15) is 17.4 Å². The zero-order valence-corrected chi connectivity index (χ0v) is 10.9. The molecule has 1 fully saturated rings. The summed E-state index contributed by atoms with van der Waals surface area (Å²) >= 11 is 0. The number of methoxy groups -OCH3 is 1. The lowest BCUT2D eigenvalue weighted by Gasteiger charge is -2.07. The number of nitrogens with one attached hydrogen (secondary N) is 1. The summed E-state index contributed by atoms with van der Waals surface area (Å²) in [6.07, 6.45) is 3.84. The summed E-state index contributed by atoms with van der Waals surface area (Å²) in [5.74, 6) is 0.345. The summed E-state index contributed by atoms with van der Waals surface area (Å²) in [6.45, 7) is 0. The van der Waals surface area contributed by atoms with Crippen LogP contribution in [-0.2, 0) is 4.79 Å². The molecule has 1 N–H and O–H groups in total. The highest BCUT2D eigenvalue weighted by Crippen LogP contribution is 2.27. The van der Waals surface area contributed by atoms with Crippen molar-refractivity contribution in [3.8, 4) is 11.8 Å². The van der Waals surface area contributed by atoms with E-state index in [1.165, 1.54) is 0 Å². The first-order valence-corrected chi connectivity index (χ1v) is 6.32. The minimum absolute atomic E-state index is 0.264. The Balaban J connectivity index is 2.16. The molecule has 0 saturated heterocycles. The highest BCUT2D eigenvalue weighted by molar-refractivity contribution is 6.07. The second kappa shape index (κ2) is 6.05. The molecule has 19 heavy (non-hydrogen) atoms. The molecule has 0 aromatic heterocycles. The number of hydrogen-bond donors (Lipinski definition) is 1. The van der Waals surface area contributed by atoms with Gasteiger partial charge in [-0.15, -0.1) is 0 Å². The number of nitriles is 1. The second-order valence-corrected chi connectivity index (χ2v) is 4.48. The van der Waals surface area contributed by atoms with Crippen molar-refractivity contribution in [2.24, 2.45) is 0 Å². The molecule has 1 aromatic carbocycles. The Hall–Kier alpha value is -2.28. The predicted molar refractivity (Wildman–Crippen MR) is 72.7 cm³/mol. The number of nitrogens with zero attached hydrogens (tertiary/aromatic N) is 1. The lowest BCUT2D eigenvalue weighted by Crippen LogP contribution is -2.15. The summed E-state index contributed by atoms with van der Waals surface area (Å²) in [5, 5.41) is 11.9. The predicted octanol–water partition coefficient (Wildman–Crippen LogP) is 3.03. The van der Waals surface area contributed by atoms with Gasteiger partial charge in [-0.05, 0) is 43.4 Å². The summed E-state index contributed by atoms with van der Waals surface area (Å²) < 4.78 is 5.09. The fourth-order valence-electron chi connectivity index (χ4n) is 2.24. The van der Waals surface area contributed by atoms with Gasteiger partial charge in [-0.2, -0.15) is 5.26 Å². The molecule has 4 nitrogen and oxygen atoms in total. The molecule has 4 heteroatoms. The smallest absolute Gasteiger partial charge is 0.266 e. The van der Waals surface area contributed by atoms with Crippen LogP contribution in [0.15, 0.2) is 35.4 Å². The van der Waals surface area contributed by atoms with Crippen LogP contribution in [0, 0.1) is 11.3 Å². The standard InChI is InChI=1S/C15H16N2O2/c1-19-13-8-4-7-12(9-13)17-15(18)14(10-16)11-5-2-3-6-11/h4,7-9H,2-3,5-6H2,1H3,(H,17,18). The van der Waals surface area contributed by atoms with Crippen LogP contribution in [0.1, 0.15) is 25.7 Å². The molecule has 98 valence electrons. The van der Waals surface area contributed by atoms with Crippen LogP contribution in [0.5, 0.6) is 5.75 Å². The summed E-state index contributed by atoms with van der Waals surface area (Å²) in [7, 11) is 1.57. The number of rotatable bonds is 3. The van der Waals surface area contributed by atoms with E-state index in [9.17, 15) is 4.79 Å². The second-order valence-electron chi connectivity index (χ2n) is 4.48. The van der Waals surface area contributed by atoms with Crippen molar-refractivity contribution in [1.82, 2.24) is 0 Å². The van der Waals surface area contributed by atoms with Crippen LogP contribution in [0.2, 0.25) is 0 Å². The molecular formula is C15H16N2O2. The molecule has 1 aliphatic rings. The molecule has 1 saturated carbocycles. The molecule has 0 aliphatic heterocycles. The van der Waals surface area contributed by atoms with E-state index >= 15 is 0 Å². The molecule has 0 unspecified atom stereocenters. The van der Waals surface area contributed by atoms with Crippen molar-refractivity contribution >= 4 is 11.6 Å². The molecule has 1 aliphatic carbocycles. The van der Waals surface area contributed by atoms with Crippen LogP contribution >= 0.6 is 0 Å². The zero-order chi connectivity index (χ0) is 13.7. The first-order chi connectivity index (χ1) is 9.24. The van der Waals surface area contributed by atoms with Gasteiger partial charge in [0.25, 0.3) is 5.91 Å². The van der Waals surface area contributed by atoms with Crippen molar-refractivity contribution in [2.45, 2.75) is 25.7 Å². The van der Waals surface area contributed by atoms with Crippen LogP contribution in [0.25, 0.3) is 0 Å².